The van der Waals surface area contributed by atoms with Crippen LogP contribution in [0.5, 0.6) is 5.75 Å². The molecule has 0 bridgehead atoms. The van der Waals surface area contributed by atoms with E-state index in [0.717, 1.165) is 29.8 Å². The van der Waals surface area contributed by atoms with Crippen LogP contribution in [0, 0.1) is 0 Å². The van der Waals surface area contributed by atoms with E-state index in [9.17, 15) is 27.9 Å². The van der Waals surface area contributed by atoms with Gasteiger partial charge < -0.3 is 15.0 Å². The van der Waals surface area contributed by atoms with Gasteiger partial charge in [-0.1, -0.05) is 19.1 Å². The fourth-order valence-corrected chi connectivity index (χ4v) is 3.08. The van der Waals surface area contributed by atoms with Crippen LogP contribution in [-0.4, -0.2) is 15.6 Å². The van der Waals surface area contributed by atoms with Crippen LogP contribution in [0.3, 0.4) is 0 Å². The predicted octanol–water partition coefficient (Wildman–Crippen LogP) is 4.08. The van der Waals surface area contributed by atoms with Crippen molar-refractivity contribution in [1.82, 2.24) is 4.57 Å². The molecule has 3 rings (SSSR count). The summed E-state index contributed by atoms with van der Waals surface area (Å²) in [6.45, 7) is 1.88. The minimum atomic E-state index is -4.49. The number of carbonyl (C=O) groups excluding carboxylic acids is 1. The number of fused-ring (bicyclic) bond motifs is 1. The minimum Gasteiger partial charge on any atom is -0.506 e. The molecule has 1 amide bonds. The Hall–Kier alpha value is -3.29. The summed E-state index contributed by atoms with van der Waals surface area (Å²) in [6.07, 6.45) is -3.92. The standard InChI is InChI=1S/C20H17F3N2O3/c1-3-11-5-4-6-14-15(11)17(26)16(19(28)25(14)2)18(27)24-13-9-7-12(8-10-13)20(21,22)23/h4-10,26H,3H2,1-2H3,(H,24,27). The van der Waals surface area contributed by atoms with Crippen LogP contribution >= 0.6 is 0 Å². The van der Waals surface area contributed by atoms with Crippen molar-refractivity contribution in [2.24, 2.45) is 7.05 Å². The minimum absolute atomic E-state index is 0.0725. The van der Waals surface area contributed by atoms with Gasteiger partial charge in [0.2, 0.25) is 0 Å². The third kappa shape index (κ3) is 3.33. The number of hydrogen-bond acceptors (Lipinski definition) is 3. The summed E-state index contributed by atoms with van der Waals surface area (Å²) < 4.78 is 39.2. The van der Waals surface area contributed by atoms with Gasteiger partial charge in [-0.3, -0.25) is 9.59 Å². The molecular formula is C20H17F3N2O3. The van der Waals surface area contributed by atoms with Crippen LogP contribution in [0.4, 0.5) is 18.9 Å². The smallest absolute Gasteiger partial charge is 0.416 e. The Morgan fingerprint density at radius 3 is 2.36 bits per heavy atom. The highest BCUT2D eigenvalue weighted by Gasteiger charge is 2.30. The van der Waals surface area contributed by atoms with E-state index in [4.69, 9.17) is 0 Å². The maximum atomic E-state index is 12.7. The molecule has 1 heterocycles. The van der Waals surface area contributed by atoms with Crippen molar-refractivity contribution in [2.45, 2.75) is 19.5 Å². The number of halogens is 3. The quantitative estimate of drug-likeness (QED) is 0.708. The van der Waals surface area contributed by atoms with E-state index in [1.807, 2.05) is 6.92 Å². The number of nitrogens with one attached hydrogen (secondary N) is 1. The summed E-state index contributed by atoms with van der Waals surface area (Å²) in [5.41, 5.74) is -0.716. The van der Waals surface area contributed by atoms with E-state index in [0.29, 0.717) is 17.3 Å². The van der Waals surface area contributed by atoms with Crippen LogP contribution in [0.25, 0.3) is 10.9 Å². The Balaban J connectivity index is 2.06. The molecule has 8 heteroatoms. The van der Waals surface area contributed by atoms with Crippen LogP contribution in [0.15, 0.2) is 47.3 Å². The largest absolute Gasteiger partial charge is 0.506 e. The number of carbonyl (C=O) groups is 1. The summed E-state index contributed by atoms with van der Waals surface area (Å²) in [5.74, 6) is -1.34. The van der Waals surface area contributed by atoms with Gasteiger partial charge in [0.1, 0.15) is 11.3 Å². The van der Waals surface area contributed by atoms with Gasteiger partial charge in [-0.15, -0.1) is 0 Å². The molecule has 0 spiro atoms. The van der Waals surface area contributed by atoms with E-state index in [2.05, 4.69) is 5.32 Å². The average Bonchev–Trinajstić information content (AvgIpc) is 2.65. The van der Waals surface area contributed by atoms with Crippen LogP contribution < -0.4 is 10.9 Å². The zero-order chi connectivity index (χ0) is 20.6. The summed E-state index contributed by atoms with van der Waals surface area (Å²) in [7, 11) is 1.48. The van der Waals surface area contributed by atoms with Crippen LogP contribution in [0.1, 0.15) is 28.4 Å². The zero-order valence-corrected chi connectivity index (χ0v) is 15.1. The Kier molecular flexibility index (Phi) is 4.89. The first kappa shape index (κ1) is 19.5. The fourth-order valence-electron chi connectivity index (χ4n) is 3.08. The molecule has 146 valence electrons. The molecule has 0 aliphatic carbocycles. The van der Waals surface area contributed by atoms with Crippen LogP contribution in [-0.2, 0) is 19.6 Å². The highest BCUT2D eigenvalue weighted by molar-refractivity contribution is 6.09. The van der Waals surface area contributed by atoms with Crippen molar-refractivity contribution in [3.8, 4) is 5.75 Å². The van der Waals surface area contributed by atoms with Crippen molar-refractivity contribution in [1.29, 1.82) is 0 Å². The number of nitrogens with zero attached hydrogens (tertiary/aromatic N) is 1. The van der Waals surface area contributed by atoms with Crippen molar-refractivity contribution in [3.63, 3.8) is 0 Å². The van der Waals surface area contributed by atoms with Gasteiger partial charge in [0.05, 0.1) is 11.1 Å². The normalized spacial score (nSPS) is 11.6. The lowest BCUT2D eigenvalue weighted by Crippen LogP contribution is -2.28. The van der Waals surface area contributed by atoms with Crippen molar-refractivity contribution in [2.75, 3.05) is 5.32 Å². The molecule has 0 unspecified atom stereocenters. The number of pyridine rings is 1. The fraction of sp³-hybridized carbons (Fsp3) is 0.200. The second-order valence-electron chi connectivity index (χ2n) is 6.28. The van der Waals surface area contributed by atoms with Gasteiger partial charge in [-0.25, -0.2) is 0 Å². The zero-order valence-electron chi connectivity index (χ0n) is 15.1. The Morgan fingerprint density at radius 2 is 1.79 bits per heavy atom. The molecule has 0 saturated carbocycles. The first-order chi connectivity index (χ1) is 13.1. The highest BCUT2D eigenvalue weighted by atomic mass is 19.4. The molecule has 1 aromatic heterocycles. The highest BCUT2D eigenvalue weighted by Crippen LogP contribution is 2.31. The van der Waals surface area contributed by atoms with Gasteiger partial charge in [-0.05, 0) is 42.3 Å². The van der Waals surface area contributed by atoms with E-state index < -0.39 is 34.5 Å². The second-order valence-corrected chi connectivity index (χ2v) is 6.28. The van der Waals surface area contributed by atoms with Gasteiger partial charge in [0, 0.05) is 18.1 Å². The van der Waals surface area contributed by atoms with Gasteiger partial charge >= 0.3 is 6.18 Å². The lowest BCUT2D eigenvalue weighted by molar-refractivity contribution is -0.137. The van der Waals surface area contributed by atoms with Gasteiger partial charge in [-0.2, -0.15) is 13.2 Å². The molecule has 3 aromatic rings. The third-order valence-electron chi connectivity index (χ3n) is 4.56. The number of rotatable bonds is 3. The number of anilines is 1. The molecule has 0 atom stereocenters. The lowest BCUT2D eigenvalue weighted by Gasteiger charge is -2.14. The van der Waals surface area contributed by atoms with Crippen molar-refractivity contribution in [3.05, 3.63) is 69.5 Å². The van der Waals surface area contributed by atoms with E-state index >= 15 is 0 Å². The van der Waals surface area contributed by atoms with Gasteiger partial charge in [0.15, 0.2) is 0 Å². The van der Waals surface area contributed by atoms with Crippen LogP contribution in [0.2, 0.25) is 0 Å². The van der Waals surface area contributed by atoms with Crippen molar-refractivity contribution < 1.29 is 23.1 Å². The molecular weight excluding hydrogens is 373 g/mol. The Labute approximate surface area is 158 Å². The summed E-state index contributed by atoms with van der Waals surface area (Å²) in [4.78, 5) is 25.2. The summed E-state index contributed by atoms with van der Waals surface area (Å²) in [6, 6.07) is 9.01. The molecule has 0 saturated heterocycles. The maximum Gasteiger partial charge on any atom is 0.416 e. The summed E-state index contributed by atoms with van der Waals surface area (Å²) >= 11 is 0. The monoisotopic (exact) mass is 390 g/mol. The number of amides is 1. The number of benzene rings is 2. The number of hydrogen-bond donors (Lipinski definition) is 2. The first-order valence-electron chi connectivity index (χ1n) is 8.47. The number of aromatic nitrogens is 1. The van der Waals surface area contributed by atoms with Crippen molar-refractivity contribution >= 4 is 22.5 Å². The second kappa shape index (κ2) is 7.03. The molecule has 0 aliphatic rings. The molecule has 28 heavy (non-hydrogen) atoms. The molecule has 2 N–H and O–H groups in total. The number of aromatic hydroxyl groups is 1. The van der Waals surface area contributed by atoms with E-state index in [1.165, 1.54) is 11.6 Å². The SMILES string of the molecule is CCc1cccc2c1c(O)c(C(=O)Nc1ccc(C(F)(F)F)cc1)c(=O)n2C. The molecule has 2 aromatic carbocycles. The molecule has 0 radical (unpaired) electrons. The maximum absolute atomic E-state index is 12.7. The average molecular weight is 390 g/mol. The van der Waals surface area contributed by atoms with Gasteiger partial charge in [0.25, 0.3) is 11.5 Å². The van der Waals surface area contributed by atoms with E-state index in [-0.39, 0.29) is 5.69 Å². The molecule has 0 aliphatic heterocycles. The first-order valence-corrected chi connectivity index (χ1v) is 8.47. The molecule has 0 fully saturated rings. The topological polar surface area (TPSA) is 71.3 Å². The Bertz CT molecular complexity index is 1120. The van der Waals surface area contributed by atoms with E-state index in [1.54, 1.807) is 18.2 Å². The Morgan fingerprint density at radius 1 is 1.14 bits per heavy atom. The predicted molar refractivity (Wildman–Crippen MR) is 99.6 cm³/mol. The third-order valence-corrected chi connectivity index (χ3v) is 4.56. The lowest BCUT2D eigenvalue weighted by atomic mass is 10.0. The molecule has 5 nitrogen and oxygen atoms in total. The number of alkyl halides is 3. The number of aryl methyl sites for hydroxylation is 2. The summed E-state index contributed by atoms with van der Waals surface area (Å²) in [5, 5.41) is 13.4.